The minimum Gasteiger partial charge on any atom is -0.356 e. The summed E-state index contributed by atoms with van der Waals surface area (Å²) in [6, 6.07) is 20.5. The van der Waals surface area contributed by atoms with Crippen molar-refractivity contribution in [3.63, 3.8) is 0 Å². The van der Waals surface area contributed by atoms with Crippen molar-refractivity contribution in [3.05, 3.63) is 71.8 Å². The molecule has 3 N–H and O–H groups in total. The monoisotopic (exact) mass is 480 g/mol. The average molecular weight is 480 g/mol. The SMILES string of the molecule is CN=C(NCCCc1ccccc1)NCC(=O)NCCc1ccccc1.I. The first-order valence-corrected chi connectivity index (χ1v) is 9.07. The Kier molecular flexibility index (Phi) is 11.9. The van der Waals surface area contributed by atoms with Gasteiger partial charge < -0.3 is 16.0 Å². The zero-order valence-corrected chi connectivity index (χ0v) is 18.1. The van der Waals surface area contributed by atoms with Gasteiger partial charge in [-0.15, -0.1) is 24.0 Å². The molecular weight excluding hydrogens is 451 g/mol. The van der Waals surface area contributed by atoms with E-state index in [0.717, 1.165) is 25.8 Å². The summed E-state index contributed by atoms with van der Waals surface area (Å²) in [5.74, 6) is 0.615. The third-order valence-corrected chi connectivity index (χ3v) is 4.00. The van der Waals surface area contributed by atoms with Crippen LogP contribution in [-0.2, 0) is 17.6 Å². The van der Waals surface area contributed by atoms with Crippen molar-refractivity contribution < 1.29 is 4.79 Å². The number of nitrogens with zero attached hydrogens (tertiary/aromatic N) is 1. The molecule has 0 atom stereocenters. The fourth-order valence-corrected chi connectivity index (χ4v) is 2.58. The van der Waals surface area contributed by atoms with Crippen molar-refractivity contribution in [1.82, 2.24) is 16.0 Å². The Balaban J connectivity index is 0.00000364. The molecule has 2 aromatic carbocycles. The van der Waals surface area contributed by atoms with Gasteiger partial charge in [-0.25, -0.2) is 0 Å². The summed E-state index contributed by atoms with van der Waals surface area (Å²) in [4.78, 5) is 16.1. The molecule has 0 saturated carbocycles. The van der Waals surface area contributed by atoms with E-state index in [-0.39, 0.29) is 36.4 Å². The molecule has 27 heavy (non-hydrogen) atoms. The minimum atomic E-state index is -0.0341. The lowest BCUT2D eigenvalue weighted by molar-refractivity contribution is -0.119. The van der Waals surface area contributed by atoms with Gasteiger partial charge in [-0.2, -0.15) is 0 Å². The molecule has 0 aliphatic heterocycles. The fourth-order valence-electron chi connectivity index (χ4n) is 2.58. The zero-order chi connectivity index (χ0) is 18.5. The summed E-state index contributed by atoms with van der Waals surface area (Å²) in [6.07, 6.45) is 2.86. The second-order valence-electron chi connectivity index (χ2n) is 6.03. The molecule has 1 amide bonds. The van der Waals surface area contributed by atoms with Gasteiger partial charge in [0.05, 0.1) is 6.54 Å². The van der Waals surface area contributed by atoms with E-state index in [1.165, 1.54) is 11.1 Å². The molecular formula is C21H29IN4O. The number of hydrogen-bond acceptors (Lipinski definition) is 2. The van der Waals surface area contributed by atoms with E-state index in [1.807, 2.05) is 24.3 Å². The van der Waals surface area contributed by atoms with Gasteiger partial charge in [0.1, 0.15) is 0 Å². The number of aryl methyl sites for hydroxylation is 1. The molecule has 6 heteroatoms. The van der Waals surface area contributed by atoms with Gasteiger partial charge in [-0.1, -0.05) is 60.7 Å². The average Bonchev–Trinajstić information content (AvgIpc) is 2.69. The maximum atomic E-state index is 11.9. The quantitative estimate of drug-likeness (QED) is 0.224. The summed E-state index contributed by atoms with van der Waals surface area (Å²) < 4.78 is 0. The highest BCUT2D eigenvalue weighted by Crippen LogP contribution is 2.01. The highest BCUT2D eigenvalue weighted by atomic mass is 127. The third-order valence-electron chi connectivity index (χ3n) is 4.00. The second-order valence-corrected chi connectivity index (χ2v) is 6.03. The Hall–Kier alpha value is -2.09. The number of carbonyl (C=O) groups is 1. The number of hydrogen-bond donors (Lipinski definition) is 3. The Labute approximate surface area is 179 Å². The van der Waals surface area contributed by atoms with Crippen LogP contribution < -0.4 is 16.0 Å². The predicted molar refractivity (Wildman–Crippen MR) is 123 cm³/mol. The first kappa shape index (κ1) is 23.0. The third kappa shape index (κ3) is 9.98. The Morgan fingerprint density at radius 1 is 0.815 bits per heavy atom. The van der Waals surface area contributed by atoms with Crippen LogP contribution in [-0.4, -0.2) is 38.5 Å². The molecule has 0 aliphatic carbocycles. The first-order valence-electron chi connectivity index (χ1n) is 9.07. The fraction of sp³-hybridized carbons (Fsp3) is 0.333. The number of carbonyl (C=O) groups excluding carboxylic acids is 1. The van der Waals surface area contributed by atoms with Crippen LogP contribution in [0, 0.1) is 0 Å². The van der Waals surface area contributed by atoms with E-state index in [2.05, 4.69) is 57.3 Å². The Morgan fingerprint density at radius 3 is 2.00 bits per heavy atom. The van der Waals surface area contributed by atoms with Gasteiger partial charge in [-0.3, -0.25) is 9.79 Å². The molecule has 0 fully saturated rings. The standard InChI is InChI=1S/C21H28N4O.HI/c1-22-21(24-15-8-13-18-9-4-2-5-10-18)25-17-20(26)23-16-14-19-11-6-3-7-12-19;/h2-7,9-12H,8,13-17H2,1H3,(H,23,26)(H2,22,24,25);1H. The van der Waals surface area contributed by atoms with E-state index in [0.29, 0.717) is 12.5 Å². The summed E-state index contributed by atoms with van der Waals surface area (Å²) in [5, 5.41) is 9.19. The zero-order valence-electron chi connectivity index (χ0n) is 15.8. The Morgan fingerprint density at radius 2 is 1.41 bits per heavy atom. The Bertz CT molecular complexity index is 677. The summed E-state index contributed by atoms with van der Waals surface area (Å²) in [5.41, 5.74) is 2.55. The maximum absolute atomic E-state index is 11.9. The lowest BCUT2D eigenvalue weighted by atomic mass is 10.1. The van der Waals surface area contributed by atoms with Crippen molar-refractivity contribution in [2.24, 2.45) is 4.99 Å². The lowest BCUT2D eigenvalue weighted by Crippen LogP contribution is -2.43. The molecule has 146 valence electrons. The molecule has 0 radical (unpaired) electrons. The van der Waals surface area contributed by atoms with Gasteiger partial charge >= 0.3 is 0 Å². The number of benzene rings is 2. The number of rotatable bonds is 9. The van der Waals surface area contributed by atoms with E-state index in [9.17, 15) is 4.79 Å². The molecule has 2 rings (SSSR count). The van der Waals surface area contributed by atoms with Crippen LogP contribution in [0.5, 0.6) is 0 Å². The molecule has 5 nitrogen and oxygen atoms in total. The van der Waals surface area contributed by atoms with Crippen LogP contribution in [0.15, 0.2) is 65.7 Å². The number of guanidine groups is 1. The van der Waals surface area contributed by atoms with Crippen LogP contribution in [0.3, 0.4) is 0 Å². The second kappa shape index (κ2) is 14.0. The highest BCUT2D eigenvalue weighted by Gasteiger charge is 2.03. The van der Waals surface area contributed by atoms with Crippen LogP contribution in [0.25, 0.3) is 0 Å². The first-order chi connectivity index (χ1) is 12.8. The highest BCUT2D eigenvalue weighted by molar-refractivity contribution is 14.0. The van der Waals surface area contributed by atoms with Crippen molar-refractivity contribution in [2.45, 2.75) is 19.3 Å². The smallest absolute Gasteiger partial charge is 0.239 e. The van der Waals surface area contributed by atoms with Crippen molar-refractivity contribution in [3.8, 4) is 0 Å². The number of halogens is 1. The maximum Gasteiger partial charge on any atom is 0.239 e. The molecule has 0 aliphatic rings. The summed E-state index contributed by atoms with van der Waals surface area (Å²) in [7, 11) is 1.71. The molecule has 0 aromatic heterocycles. The summed E-state index contributed by atoms with van der Waals surface area (Å²) >= 11 is 0. The van der Waals surface area contributed by atoms with Crippen LogP contribution in [0.1, 0.15) is 17.5 Å². The number of aliphatic imine (C=N–C) groups is 1. The van der Waals surface area contributed by atoms with Crippen LogP contribution in [0.4, 0.5) is 0 Å². The largest absolute Gasteiger partial charge is 0.356 e. The molecule has 0 bridgehead atoms. The van der Waals surface area contributed by atoms with Crippen molar-refractivity contribution in [1.29, 1.82) is 0 Å². The molecule has 0 heterocycles. The van der Waals surface area contributed by atoms with Crippen molar-refractivity contribution >= 4 is 35.8 Å². The lowest BCUT2D eigenvalue weighted by Gasteiger charge is -2.12. The van der Waals surface area contributed by atoms with E-state index in [1.54, 1.807) is 7.05 Å². The molecule has 0 spiro atoms. The van der Waals surface area contributed by atoms with Crippen molar-refractivity contribution in [2.75, 3.05) is 26.7 Å². The summed E-state index contributed by atoms with van der Waals surface area (Å²) in [6.45, 7) is 1.66. The van der Waals surface area contributed by atoms with Gasteiger partial charge in [0.15, 0.2) is 5.96 Å². The van der Waals surface area contributed by atoms with E-state index >= 15 is 0 Å². The molecule has 0 unspecified atom stereocenters. The molecule has 2 aromatic rings. The normalized spacial score (nSPS) is 10.6. The van der Waals surface area contributed by atoms with E-state index in [4.69, 9.17) is 0 Å². The van der Waals surface area contributed by atoms with Gasteiger partial charge in [0.25, 0.3) is 0 Å². The number of amides is 1. The van der Waals surface area contributed by atoms with Gasteiger partial charge in [-0.05, 0) is 30.4 Å². The van der Waals surface area contributed by atoms with Gasteiger partial charge in [0.2, 0.25) is 5.91 Å². The van der Waals surface area contributed by atoms with Crippen LogP contribution >= 0.6 is 24.0 Å². The minimum absolute atomic E-state index is 0. The van der Waals surface area contributed by atoms with E-state index < -0.39 is 0 Å². The number of nitrogens with one attached hydrogen (secondary N) is 3. The molecule has 0 saturated heterocycles. The van der Waals surface area contributed by atoms with Gasteiger partial charge in [0, 0.05) is 20.1 Å². The van der Waals surface area contributed by atoms with Crippen LogP contribution in [0.2, 0.25) is 0 Å². The predicted octanol–water partition coefficient (Wildman–Crippen LogP) is 2.76. The topological polar surface area (TPSA) is 65.5 Å².